The molecular formula is C18H31ClN2OS. The van der Waals surface area contributed by atoms with Crippen LogP contribution >= 0.6 is 24.2 Å². The van der Waals surface area contributed by atoms with Gasteiger partial charge < -0.3 is 10.6 Å². The minimum Gasteiger partial charge on any atom is -0.338 e. The second-order valence-electron chi connectivity index (χ2n) is 7.99. The molecule has 1 aliphatic heterocycles. The first-order valence-electron chi connectivity index (χ1n) is 9.41. The van der Waals surface area contributed by atoms with Crippen molar-refractivity contribution in [2.45, 2.75) is 75.1 Å². The summed E-state index contributed by atoms with van der Waals surface area (Å²) in [5.41, 5.74) is 6.40. The van der Waals surface area contributed by atoms with Crippen molar-refractivity contribution in [3.63, 3.8) is 0 Å². The maximum Gasteiger partial charge on any atom is 0.226 e. The predicted molar refractivity (Wildman–Crippen MR) is 99.0 cm³/mol. The summed E-state index contributed by atoms with van der Waals surface area (Å²) in [5.74, 6) is 3.14. The summed E-state index contributed by atoms with van der Waals surface area (Å²) in [7, 11) is 0. The minimum atomic E-state index is 0. The summed E-state index contributed by atoms with van der Waals surface area (Å²) in [6.07, 6.45) is 11.2. The van der Waals surface area contributed by atoms with Crippen LogP contribution in [0.3, 0.4) is 0 Å². The Morgan fingerprint density at radius 1 is 1.00 bits per heavy atom. The zero-order valence-corrected chi connectivity index (χ0v) is 15.6. The van der Waals surface area contributed by atoms with Gasteiger partial charge in [0.25, 0.3) is 0 Å². The van der Waals surface area contributed by atoms with Gasteiger partial charge in [0.05, 0.1) is 0 Å². The van der Waals surface area contributed by atoms with Crippen molar-refractivity contribution in [2.24, 2.45) is 23.5 Å². The quantitative estimate of drug-likeness (QED) is 0.780. The lowest BCUT2D eigenvalue weighted by Gasteiger charge is -2.48. The molecule has 0 aromatic rings. The van der Waals surface area contributed by atoms with E-state index in [4.69, 9.17) is 5.73 Å². The van der Waals surface area contributed by atoms with Crippen molar-refractivity contribution in [2.75, 3.05) is 12.3 Å². The van der Waals surface area contributed by atoms with Crippen molar-refractivity contribution >= 4 is 30.1 Å². The summed E-state index contributed by atoms with van der Waals surface area (Å²) < 4.78 is 0. The second-order valence-corrected chi connectivity index (χ2v) is 9.34. The Hall–Kier alpha value is 0.0700. The number of halogens is 1. The highest BCUT2D eigenvalue weighted by Gasteiger charge is 2.44. The van der Waals surface area contributed by atoms with Gasteiger partial charge in [-0.3, -0.25) is 4.79 Å². The van der Waals surface area contributed by atoms with Gasteiger partial charge in [0.1, 0.15) is 0 Å². The molecule has 23 heavy (non-hydrogen) atoms. The number of thioether (sulfide) groups is 1. The molecule has 0 spiro atoms. The average molecular weight is 359 g/mol. The van der Waals surface area contributed by atoms with E-state index >= 15 is 0 Å². The standard InChI is InChI=1S/C18H30N2OS.ClH/c19-17-12-4-3-5-13(17)11-14(10-12)18(21)20-8-9-22-16-7-2-1-6-15(16)20;/h12-17H,1-11,19H2;1H. The molecule has 1 amide bonds. The largest absolute Gasteiger partial charge is 0.338 e. The second kappa shape index (κ2) is 7.53. The van der Waals surface area contributed by atoms with Gasteiger partial charge in [0.15, 0.2) is 0 Å². The van der Waals surface area contributed by atoms with Gasteiger partial charge in [-0.15, -0.1) is 12.4 Å². The molecule has 0 aromatic carbocycles. The molecule has 2 N–H and O–H groups in total. The van der Waals surface area contributed by atoms with E-state index in [2.05, 4.69) is 16.7 Å². The monoisotopic (exact) mass is 358 g/mol. The van der Waals surface area contributed by atoms with E-state index in [-0.39, 0.29) is 18.3 Å². The lowest BCUT2D eigenvalue weighted by atomic mass is 9.64. The first kappa shape index (κ1) is 17.9. The topological polar surface area (TPSA) is 46.3 Å². The molecule has 2 bridgehead atoms. The first-order chi connectivity index (χ1) is 10.7. The lowest BCUT2D eigenvalue weighted by Crippen LogP contribution is -2.55. The van der Waals surface area contributed by atoms with Crippen molar-refractivity contribution < 1.29 is 4.79 Å². The molecular weight excluding hydrogens is 328 g/mol. The van der Waals surface area contributed by atoms with Crippen LogP contribution in [0.15, 0.2) is 0 Å². The van der Waals surface area contributed by atoms with E-state index in [1.807, 2.05) is 0 Å². The Bertz CT molecular complexity index is 419. The number of nitrogens with two attached hydrogens (primary N) is 1. The van der Waals surface area contributed by atoms with Crippen molar-refractivity contribution in [1.29, 1.82) is 0 Å². The van der Waals surface area contributed by atoms with Gasteiger partial charge >= 0.3 is 0 Å². The maximum absolute atomic E-state index is 13.2. The van der Waals surface area contributed by atoms with Gasteiger partial charge in [0.2, 0.25) is 5.91 Å². The Balaban J connectivity index is 0.00000156. The van der Waals surface area contributed by atoms with E-state index in [0.717, 1.165) is 30.4 Å². The van der Waals surface area contributed by atoms with Crippen LogP contribution in [-0.4, -0.2) is 40.4 Å². The van der Waals surface area contributed by atoms with Gasteiger partial charge in [-0.2, -0.15) is 11.8 Å². The van der Waals surface area contributed by atoms with Crippen LogP contribution in [0.5, 0.6) is 0 Å². The molecule has 3 nitrogen and oxygen atoms in total. The number of carbonyl (C=O) groups excluding carboxylic acids is 1. The Morgan fingerprint density at radius 2 is 1.70 bits per heavy atom. The van der Waals surface area contributed by atoms with Crippen molar-refractivity contribution in [3.05, 3.63) is 0 Å². The highest BCUT2D eigenvalue weighted by molar-refractivity contribution is 8.00. The van der Waals surface area contributed by atoms with E-state index in [0.29, 0.717) is 29.8 Å². The summed E-state index contributed by atoms with van der Waals surface area (Å²) in [4.78, 5) is 15.5. The number of hydrogen-bond acceptors (Lipinski definition) is 3. The molecule has 4 aliphatic rings. The molecule has 0 radical (unpaired) electrons. The van der Waals surface area contributed by atoms with Gasteiger partial charge in [-0.05, 0) is 50.4 Å². The molecule has 5 heteroatoms. The molecule has 4 atom stereocenters. The molecule has 4 unspecified atom stereocenters. The normalized spacial score (nSPS) is 43.3. The van der Waals surface area contributed by atoms with Gasteiger partial charge in [-0.25, -0.2) is 0 Å². The number of rotatable bonds is 1. The van der Waals surface area contributed by atoms with Gasteiger partial charge in [-0.1, -0.05) is 19.3 Å². The highest BCUT2D eigenvalue weighted by Crippen LogP contribution is 2.44. The van der Waals surface area contributed by atoms with Crippen LogP contribution < -0.4 is 5.73 Å². The van der Waals surface area contributed by atoms with Gasteiger partial charge in [0, 0.05) is 35.5 Å². The summed E-state index contributed by atoms with van der Waals surface area (Å²) in [6, 6.07) is 0.910. The molecule has 1 saturated heterocycles. The number of hydrogen-bond donors (Lipinski definition) is 1. The number of nitrogens with zero attached hydrogens (tertiary/aromatic N) is 1. The summed E-state index contributed by atoms with van der Waals surface area (Å²) in [5, 5.41) is 0.719. The fourth-order valence-electron chi connectivity index (χ4n) is 5.60. The van der Waals surface area contributed by atoms with Crippen molar-refractivity contribution in [1.82, 2.24) is 4.90 Å². The molecule has 3 saturated carbocycles. The molecule has 1 heterocycles. The SMILES string of the molecule is Cl.NC1C2CCCC1CC(C(=O)N1CCSC3CCCCC31)C2. The average Bonchev–Trinajstić information content (AvgIpc) is 2.53. The van der Waals surface area contributed by atoms with Crippen LogP contribution in [0, 0.1) is 17.8 Å². The fourth-order valence-corrected chi connectivity index (χ4v) is 7.04. The van der Waals surface area contributed by atoms with E-state index in [1.54, 1.807) is 0 Å². The Morgan fingerprint density at radius 3 is 2.43 bits per heavy atom. The molecule has 4 rings (SSSR count). The van der Waals surface area contributed by atoms with Crippen LogP contribution in [0.1, 0.15) is 57.8 Å². The summed E-state index contributed by atoms with van der Waals surface area (Å²) >= 11 is 2.12. The molecule has 3 aliphatic carbocycles. The summed E-state index contributed by atoms with van der Waals surface area (Å²) in [6.45, 7) is 0.989. The first-order valence-corrected chi connectivity index (χ1v) is 10.5. The molecule has 0 aromatic heterocycles. The van der Waals surface area contributed by atoms with Crippen LogP contribution in [-0.2, 0) is 4.79 Å². The lowest BCUT2D eigenvalue weighted by molar-refractivity contribution is -0.141. The van der Waals surface area contributed by atoms with Crippen LogP contribution in [0.4, 0.5) is 0 Å². The Labute approximate surface area is 150 Å². The van der Waals surface area contributed by atoms with E-state index < -0.39 is 0 Å². The third-order valence-corrected chi connectivity index (χ3v) is 8.17. The Kier molecular flexibility index (Phi) is 5.85. The zero-order chi connectivity index (χ0) is 15.1. The third-order valence-electron chi connectivity index (χ3n) is 6.78. The van der Waals surface area contributed by atoms with Crippen LogP contribution in [0.2, 0.25) is 0 Å². The predicted octanol–water partition coefficient (Wildman–Crippen LogP) is 3.45. The minimum absolute atomic E-state index is 0. The molecule has 4 fully saturated rings. The van der Waals surface area contributed by atoms with Crippen LogP contribution in [0.25, 0.3) is 0 Å². The number of amides is 1. The van der Waals surface area contributed by atoms with E-state index in [1.165, 1.54) is 44.9 Å². The third kappa shape index (κ3) is 3.41. The highest BCUT2D eigenvalue weighted by atomic mass is 35.5. The number of fused-ring (bicyclic) bond motifs is 3. The van der Waals surface area contributed by atoms with E-state index in [9.17, 15) is 4.79 Å². The van der Waals surface area contributed by atoms with Crippen molar-refractivity contribution in [3.8, 4) is 0 Å². The maximum atomic E-state index is 13.2. The molecule has 132 valence electrons. The smallest absolute Gasteiger partial charge is 0.226 e. The zero-order valence-electron chi connectivity index (χ0n) is 14.0. The fraction of sp³-hybridized carbons (Fsp3) is 0.944. The number of carbonyl (C=O) groups is 1.